The summed E-state index contributed by atoms with van der Waals surface area (Å²) in [5.41, 5.74) is 2.29. The van der Waals surface area contributed by atoms with Gasteiger partial charge < -0.3 is 10.0 Å². The van der Waals surface area contributed by atoms with Crippen LogP contribution in [0, 0.1) is 5.41 Å². The molecule has 2 aliphatic heterocycles. The zero-order valence-electron chi connectivity index (χ0n) is 17.7. The highest BCUT2D eigenvalue weighted by Crippen LogP contribution is 2.44. The number of hydrogen-bond donors (Lipinski definition) is 1. The molecule has 1 saturated carbocycles. The summed E-state index contributed by atoms with van der Waals surface area (Å²) in [7, 11) is 0. The number of fused-ring (bicyclic) bond motifs is 1. The molecule has 31 heavy (non-hydrogen) atoms. The van der Waals surface area contributed by atoms with Gasteiger partial charge in [0, 0.05) is 55.2 Å². The molecule has 0 amide bonds. The normalized spacial score (nSPS) is 25.8. The van der Waals surface area contributed by atoms with Crippen molar-refractivity contribution in [1.29, 1.82) is 0 Å². The molecule has 160 valence electrons. The number of aromatic nitrogens is 4. The molecule has 0 radical (unpaired) electrons. The molecular weight excluding hydrogens is 388 g/mol. The minimum absolute atomic E-state index is 0.0708. The van der Waals surface area contributed by atoms with E-state index in [-0.39, 0.29) is 6.10 Å². The van der Waals surface area contributed by atoms with Crippen molar-refractivity contribution in [2.75, 3.05) is 31.1 Å². The van der Waals surface area contributed by atoms with Gasteiger partial charge in [0.15, 0.2) is 5.82 Å². The van der Waals surface area contributed by atoms with Crippen molar-refractivity contribution < 1.29 is 5.11 Å². The van der Waals surface area contributed by atoms with E-state index in [4.69, 9.17) is 9.97 Å². The van der Waals surface area contributed by atoms with Crippen LogP contribution in [-0.4, -0.2) is 68.3 Å². The van der Waals surface area contributed by atoms with E-state index >= 15 is 0 Å². The largest absolute Gasteiger partial charge is 0.393 e. The average Bonchev–Trinajstić information content (AvgIpc) is 3.20. The van der Waals surface area contributed by atoms with Gasteiger partial charge in [-0.3, -0.25) is 14.9 Å². The second-order valence-electron chi connectivity index (χ2n) is 9.49. The van der Waals surface area contributed by atoms with Gasteiger partial charge in [-0.25, -0.2) is 9.97 Å². The Balaban J connectivity index is 1.25. The number of anilines is 1. The molecule has 3 aromatic rings. The number of pyridine rings is 2. The first kappa shape index (κ1) is 19.1. The molecule has 1 N–H and O–H groups in total. The highest BCUT2D eigenvalue weighted by Gasteiger charge is 2.45. The van der Waals surface area contributed by atoms with Crippen LogP contribution in [0.25, 0.3) is 22.3 Å². The minimum Gasteiger partial charge on any atom is -0.393 e. The van der Waals surface area contributed by atoms with E-state index in [1.165, 1.54) is 32.4 Å². The fraction of sp³-hybridized carbons (Fsp3) is 0.500. The van der Waals surface area contributed by atoms with Crippen molar-refractivity contribution in [3.63, 3.8) is 0 Å². The summed E-state index contributed by atoms with van der Waals surface area (Å²) in [5, 5.41) is 10.7. The van der Waals surface area contributed by atoms with Gasteiger partial charge >= 0.3 is 0 Å². The molecule has 0 bridgehead atoms. The Labute approximate surface area is 182 Å². The SMILES string of the molecule is OC1CC(N2CCC3(CCN(c4nc(-c5ccncc5)nc5cnccc45)CC3)C2)C1. The van der Waals surface area contributed by atoms with Crippen LogP contribution in [0.15, 0.2) is 43.0 Å². The highest BCUT2D eigenvalue weighted by molar-refractivity contribution is 5.90. The van der Waals surface area contributed by atoms with E-state index in [1.807, 2.05) is 30.6 Å². The predicted molar refractivity (Wildman–Crippen MR) is 120 cm³/mol. The van der Waals surface area contributed by atoms with Crippen LogP contribution in [0.1, 0.15) is 32.1 Å². The maximum atomic E-state index is 9.68. The summed E-state index contributed by atoms with van der Waals surface area (Å²) in [5.74, 6) is 1.75. The van der Waals surface area contributed by atoms with Crippen molar-refractivity contribution in [2.45, 2.75) is 44.2 Å². The number of rotatable bonds is 3. The summed E-state index contributed by atoms with van der Waals surface area (Å²) < 4.78 is 0. The molecule has 3 aliphatic rings. The number of aliphatic hydroxyl groups excluding tert-OH is 1. The molecule has 0 atom stereocenters. The summed E-state index contributed by atoms with van der Waals surface area (Å²) in [6.07, 6.45) is 12.7. The van der Waals surface area contributed by atoms with Crippen LogP contribution in [0.3, 0.4) is 0 Å². The topological polar surface area (TPSA) is 78.3 Å². The third kappa shape index (κ3) is 3.46. The zero-order valence-corrected chi connectivity index (χ0v) is 17.7. The Bertz CT molecular complexity index is 1080. The summed E-state index contributed by atoms with van der Waals surface area (Å²) in [6.45, 7) is 4.41. The first-order valence-corrected chi connectivity index (χ1v) is 11.4. The molecule has 0 unspecified atom stereocenters. The van der Waals surface area contributed by atoms with Crippen molar-refractivity contribution in [2.24, 2.45) is 5.41 Å². The van der Waals surface area contributed by atoms with Gasteiger partial charge in [0.2, 0.25) is 0 Å². The van der Waals surface area contributed by atoms with Gasteiger partial charge in [0.05, 0.1) is 17.8 Å². The molecule has 7 heteroatoms. The van der Waals surface area contributed by atoms with E-state index in [0.29, 0.717) is 11.5 Å². The third-order valence-electron chi connectivity index (χ3n) is 7.61. The monoisotopic (exact) mass is 416 g/mol. The van der Waals surface area contributed by atoms with E-state index in [2.05, 4.69) is 19.8 Å². The Morgan fingerprint density at radius 1 is 0.903 bits per heavy atom. The molecule has 7 nitrogen and oxygen atoms in total. The number of hydrogen-bond acceptors (Lipinski definition) is 7. The van der Waals surface area contributed by atoms with Gasteiger partial charge in [-0.1, -0.05) is 0 Å². The number of likely N-dealkylation sites (tertiary alicyclic amines) is 1. The lowest BCUT2D eigenvalue weighted by Crippen LogP contribution is -2.48. The second kappa shape index (κ2) is 7.50. The van der Waals surface area contributed by atoms with Crippen LogP contribution in [0.2, 0.25) is 0 Å². The molecular formula is C24H28N6O. The Kier molecular flexibility index (Phi) is 4.61. The summed E-state index contributed by atoms with van der Waals surface area (Å²) in [6, 6.07) is 6.55. The van der Waals surface area contributed by atoms with Crippen molar-refractivity contribution >= 4 is 16.7 Å². The molecule has 2 saturated heterocycles. The van der Waals surface area contributed by atoms with Crippen LogP contribution < -0.4 is 4.90 Å². The molecule has 5 heterocycles. The Morgan fingerprint density at radius 2 is 1.65 bits per heavy atom. The lowest BCUT2D eigenvalue weighted by atomic mass is 9.77. The van der Waals surface area contributed by atoms with Gasteiger partial charge in [-0.05, 0) is 62.3 Å². The van der Waals surface area contributed by atoms with Gasteiger partial charge in [0.25, 0.3) is 0 Å². The predicted octanol–water partition coefficient (Wildman–Crippen LogP) is 2.90. The average molecular weight is 417 g/mol. The Hall–Kier alpha value is -2.64. The van der Waals surface area contributed by atoms with Crippen molar-refractivity contribution in [3.8, 4) is 11.4 Å². The molecule has 1 aliphatic carbocycles. The summed E-state index contributed by atoms with van der Waals surface area (Å²) >= 11 is 0. The van der Waals surface area contributed by atoms with Crippen LogP contribution >= 0.6 is 0 Å². The third-order valence-corrected chi connectivity index (χ3v) is 7.61. The fourth-order valence-corrected chi connectivity index (χ4v) is 5.57. The van der Waals surface area contributed by atoms with Crippen molar-refractivity contribution in [3.05, 3.63) is 43.0 Å². The maximum Gasteiger partial charge on any atom is 0.162 e. The highest BCUT2D eigenvalue weighted by atomic mass is 16.3. The van der Waals surface area contributed by atoms with E-state index in [0.717, 1.165) is 54.0 Å². The standard InChI is InChI=1S/C24H28N6O/c31-19-13-18(14-19)30-12-6-24(16-30)4-10-29(11-5-24)23-20-3-9-26-15-21(20)27-22(28-23)17-1-7-25-8-2-17/h1-3,7-9,15,18-19,31H,4-6,10-14,16H2. The molecule has 3 fully saturated rings. The first-order chi connectivity index (χ1) is 15.2. The number of piperidine rings is 1. The van der Waals surface area contributed by atoms with Crippen LogP contribution in [0.4, 0.5) is 5.82 Å². The van der Waals surface area contributed by atoms with Gasteiger partial charge in [-0.15, -0.1) is 0 Å². The van der Waals surface area contributed by atoms with Gasteiger partial charge in [-0.2, -0.15) is 0 Å². The van der Waals surface area contributed by atoms with Crippen molar-refractivity contribution in [1.82, 2.24) is 24.8 Å². The quantitative estimate of drug-likeness (QED) is 0.703. The van der Waals surface area contributed by atoms with E-state index in [9.17, 15) is 5.11 Å². The first-order valence-electron chi connectivity index (χ1n) is 11.4. The molecule has 6 rings (SSSR count). The van der Waals surface area contributed by atoms with Crippen LogP contribution in [0.5, 0.6) is 0 Å². The van der Waals surface area contributed by atoms with Crippen LogP contribution in [-0.2, 0) is 0 Å². The zero-order chi connectivity index (χ0) is 20.8. The molecule has 0 aromatic carbocycles. The van der Waals surface area contributed by atoms with E-state index in [1.54, 1.807) is 12.4 Å². The smallest absolute Gasteiger partial charge is 0.162 e. The lowest BCUT2D eigenvalue weighted by Gasteiger charge is -2.42. The number of aliphatic hydroxyl groups is 1. The summed E-state index contributed by atoms with van der Waals surface area (Å²) in [4.78, 5) is 23.3. The fourth-order valence-electron chi connectivity index (χ4n) is 5.57. The minimum atomic E-state index is -0.0708. The van der Waals surface area contributed by atoms with E-state index < -0.39 is 0 Å². The van der Waals surface area contributed by atoms with Gasteiger partial charge in [0.1, 0.15) is 5.82 Å². The molecule has 1 spiro atoms. The second-order valence-corrected chi connectivity index (χ2v) is 9.49. The Morgan fingerprint density at radius 3 is 2.42 bits per heavy atom. The molecule has 3 aromatic heterocycles. The lowest BCUT2D eigenvalue weighted by molar-refractivity contribution is 0.00559. The number of nitrogens with zero attached hydrogens (tertiary/aromatic N) is 6. The maximum absolute atomic E-state index is 9.68.